The highest BCUT2D eigenvalue weighted by atomic mass is 32.1. The third-order valence-corrected chi connectivity index (χ3v) is 8.38. The van der Waals surface area contributed by atoms with Crippen molar-refractivity contribution in [2.24, 2.45) is 0 Å². The Morgan fingerprint density at radius 1 is 0.750 bits per heavy atom. The molecule has 0 spiro atoms. The van der Waals surface area contributed by atoms with E-state index in [1.165, 1.54) is 0 Å². The molecule has 0 saturated heterocycles. The number of hydrogen-bond acceptors (Lipinski definition) is 4. The molecule has 0 bridgehead atoms. The molecule has 5 aromatic rings. The van der Waals surface area contributed by atoms with Crippen LogP contribution in [0.2, 0.25) is 0 Å². The number of hydrogen-bond donors (Lipinski definition) is 0. The van der Waals surface area contributed by atoms with Crippen molar-refractivity contribution in [1.29, 1.82) is 0 Å². The Labute approximate surface area is 213 Å². The minimum Gasteiger partial charge on any atom is -0.294 e. The fourth-order valence-electron chi connectivity index (χ4n) is 5.09. The van der Waals surface area contributed by atoms with Gasteiger partial charge in [-0.25, -0.2) is 4.98 Å². The van der Waals surface area contributed by atoms with E-state index >= 15 is 0 Å². The second kappa shape index (κ2) is 8.25. The summed E-state index contributed by atoms with van der Waals surface area (Å²) in [6.45, 7) is 7.91. The summed E-state index contributed by atoms with van der Waals surface area (Å²) in [5.74, 6) is -0.387. The van der Waals surface area contributed by atoms with E-state index in [1.54, 1.807) is 17.4 Å². The Morgan fingerprint density at radius 2 is 1.31 bits per heavy atom. The van der Waals surface area contributed by atoms with E-state index in [4.69, 9.17) is 4.98 Å². The summed E-state index contributed by atoms with van der Waals surface area (Å²) in [5.41, 5.74) is 8.81. The monoisotopic (exact) mass is 488 g/mol. The molecule has 0 aliphatic heterocycles. The quantitative estimate of drug-likeness (QED) is 0.196. The number of nitrogens with zero attached hydrogens (tertiary/aromatic N) is 2. The second-order valence-electron chi connectivity index (χ2n) is 9.28. The number of fused-ring (bicyclic) bond motifs is 2. The first-order valence-electron chi connectivity index (χ1n) is 11.9. The Bertz CT molecular complexity index is 1690. The number of rotatable bonds is 3. The maximum absolute atomic E-state index is 13.6. The molecule has 0 radical (unpaired) electrons. The van der Waals surface area contributed by atoms with Gasteiger partial charge in [0.05, 0.1) is 16.0 Å². The van der Waals surface area contributed by atoms with Gasteiger partial charge in [0.2, 0.25) is 0 Å². The van der Waals surface area contributed by atoms with Crippen molar-refractivity contribution in [1.82, 2.24) is 9.55 Å². The first kappa shape index (κ1) is 22.4. The molecule has 0 atom stereocenters. The van der Waals surface area contributed by atoms with Crippen LogP contribution in [0, 0.1) is 27.7 Å². The number of carbonyl (C=O) groups is 2. The summed E-state index contributed by atoms with van der Waals surface area (Å²) >= 11 is 1.60. The van der Waals surface area contributed by atoms with E-state index in [0.29, 0.717) is 11.1 Å². The SMILES string of the molecule is Cc1c(C)c(C)c2c(c1C)C(=O)C(=Cc1cc3sc(-c4ccccc4)nc3n1-c1ccccc1)C2=O. The van der Waals surface area contributed by atoms with Crippen LogP contribution in [-0.4, -0.2) is 21.1 Å². The van der Waals surface area contributed by atoms with E-state index in [0.717, 1.165) is 54.6 Å². The highest BCUT2D eigenvalue weighted by Crippen LogP contribution is 2.38. The first-order chi connectivity index (χ1) is 17.4. The zero-order chi connectivity index (χ0) is 25.1. The molecule has 1 aliphatic carbocycles. The van der Waals surface area contributed by atoms with Crippen LogP contribution in [0.15, 0.2) is 72.3 Å². The van der Waals surface area contributed by atoms with Crippen LogP contribution in [0.25, 0.3) is 32.7 Å². The number of ketones is 2. The van der Waals surface area contributed by atoms with Crippen molar-refractivity contribution in [2.45, 2.75) is 27.7 Å². The molecule has 2 heterocycles. The Balaban J connectivity index is 1.56. The highest BCUT2D eigenvalue weighted by Gasteiger charge is 2.37. The van der Waals surface area contributed by atoms with E-state index in [9.17, 15) is 9.59 Å². The predicted molar refractivity (Wildman–Crippen MR) is 146 cm³/mol. The normalized spacial score (nSPS) is 13.1. The van der Waals surface area contributed by atoms with Crippen molar-refractivity contribution in [3.05, 3.63) is 111 Å². The summed E-state index contributed by atoms with van der Waals surface area (Å²) in [7, 11) is 0. The van der Waals surface area contributed by atoms with Gasteiger partial charge in [-0.1, -0.05) is 48.5 Å². The number of carbonyl (C=O) groups excluding carboxylic acids is 2. The summed E-state index contributed by atoms with van der Waals surface area (Å²) < 4.78 is 3.03. The molecule has 5 heteroatoms. The van der Waals surface area contributed by atoms with Gasteiger partial charge in [-0.15, -0.1) is 11.3 Å². The molecule has 0 amide bonds. The number of allylic oxidation sites excluding steroid dienone is 1. The summed E-state index contributed by atoms with van der Waals surface area (Å²) in [6.07, 6.45) is 1.75. The van der Waals surface area contributed by atoms with Crippen molar-refractivity contribution >= 4 is 39.3 Å². The minimum atomic E-state index is -0.194. The topological polar surface area (TPSA) is 52.0 Å². The smallest absolute Gasteiger partial charge is 0.198 e. The largest absolute Gasteiger partial charge is 0.294 e. The predicted octanol–water partition coefficient (Wildman–Crippen LogP) is 7.45. The van der Waals surface area contributed by atoms with Crippen molar-refractivity contribution in [3.63, 3.8) is 0 Å². The van der Waals surface area contributed by atoms with Crippen LogP contribution >= 0.6 is 11.3 Å². The van der Waals surface area contributed by atoms with Gasteiger partial charge in [-0.2, -0.15) is 0 Å². The Morgan fingerprint density at radius 3 is 1.89 bits per heavy atom. The van der Waals surface area contributed by atoms with Crippen molar-refractivity contribution in [2.75, 3.05) is 0 Å². The molecule has 0 unspecified atom stereocenters. The summed E-state index contributed by atoms with van der Waals surface area (Å²) in [5, 5.41) is 0.933. The fourth-order valence-corrected chi connectivity index (χ4v) is 6.09. The molecule has 0 fully saturated rings. The second-order valence-corrected chi connectivity index (χ2v) is 10.3. The third-order valence-electron chi connectivity index (χ3n) is 7.34. The number of thiazole rings is 1. The van der Waals surface area contributed by atoms with Crippen molar-refractivity contribution in [3.8, 4) is 16.3 Å². The van der Waals surface area contributed by atoms with Gasteiger partial charge in [0.15, 0.2) is 17.2 Å². The molecular weight excluding hydrogens is 464 g/mol. The Hall–Kier alpha value is -4.09. The fraction of sp³-hybridized carbons (Fsp3) is 0.129. The van der Waals surface area contributed by atoms with Gasteiger partial charge in [0, 0.05) is 22.4 Å². The lowest BCUT2D eigenvalue weighted by Crippen LogP contribution is -2.04. The van der Waals surface area contributed by atoms with Crippen LogP contribution in [0.5, 0.6) is 0 Å². The molecule has 0 saturated carbocycles. The highest BCUT2D eigenvalue weighted by molar-refractivity contribution is 7.21. The number of Topliss-reactive ketones (excluding diaryl/α,β-unsaturated/α-hetero) is 2. The minimum absolute atomic E-state index is 0.194. The van der Waals surface area contributed by atoms with Crippen LogP contribution in [-0.2, 0) is 0 Å². The van der Waals surface area contributed by atoms with Crippen LogP contribution in [0.1, 0.15) is 48.7 Å². The molecule has 1 aliphatic rings. The van der Waals surface area contributed by atoms with E-state index < -0.39 is 0 Å². The zero-order valence-corrected chi connectivity index (χ0v) is 21.4. The summed E-state index contributed by atoms with van der Waals surface area (Å²) in [6, 6.07) is 22.1. The lowest BCUT2D eigenvalue weighted by atomic mass is 9.90. The van der Waals surface area contributed by atoms with Crippen LogP contribution in [0.4, 0.5) is 0 Å². The van der Waals surface area contributed by atoms with Crippen LogP contribution < -0.4 is 0 Å². The third kappa shape index (κ3) is 3.23. The lowest BCUT2D eigenvalue weighted by Gasteiger charge is -2.13. The first-order valence-corrected chi connectivity index (χ1v) is 12.7. The molecule has 6 rings (SSSR count). The average molecular weight is 489 g/mol. The number of benzene rings is 3. The maximum atomic E-state index is 13.6. The van der Waals surface area contributed by atoms with Crippen molar-refractivity contribution < 1.29 is 9.59 Å². The zero-order valence-electron chi connectivity index (χ0n) is 20.5. The van der Waals surface area contributed by atoms with Gasteiger partial charge in [-0.05, 0) is 74.2 Å². The Kier molecular flexibility index (Phi) is 5.13. The molecule has 4 nitrogen and oxygen atoms in total. The van der Waals surface area contributed by atoms with Gasteiger partial charge in [0.25, 0.3) is 0 Å². The molecular formula is C31H24N2O2S. The molecule has 2 aromatic heterocycles. The summed E-state index contributed by atoms with van der Waals surface area (Å²) in [4.78, 5) is 32.1. The molecule has 3 aromatic carbocycles. The van der Waals surface area contributed by atoms with Crippen LogP contribution in [0.3, 0.4) is 0 Å². The molecule has 176 valence electrons. The van der Waals surface area contributed by atoms with E-state index in [-0.39, 0.29) is 17.1 Å². The number of para-hydroxylation sites is 1. The lowest BCUT2D eigenvalue weighted by molar-refractivity contribution is 0.0990. The van der Waals surface area contributed by atoms with E-state index in [1.807, 2.05) is 86.9 Å². The average Bonchev–Trinajstić information content (AvgIpc) is 3.53. The maximum Gasteiger partial charge on any atom is 0.198 e. The van der Waals surface area contributed by atoms with Gasteiger partial charge in [-0.3, -0.25) is 14.2 Å². The molecule has 36 heavy (non-hydrogen) atoms. The van der Waals surface area contributed by atoms with E-state index in [2.05, 4.69) is 12.1 Å². The van der Waals surface area contributed by atoms with Gasteiger partial charge < -0.3 is 0 Å². The standard InChI is InChI=1S/C31H24N2O2S/c1-17-18(2)20(4)27-26(19(17)3)28(34)24(29(27)35)15-23-16-25-30(33(23)22-13-9-6-10-14-22)32-31(36-25)21-11-7-5-8-12-21/h5-16H,1-4H3. The number of aromatic nitrogens is 2. The molecule has 0 N–H and O–H groups in total. The van der Waals surface area contributed by atoms with Gasteiger partial charge in [0.1, 0.15) is 5.01 Å². The van der Waals surface area contributed by atoms with Gasteiger partial charge >= 0.3 is 0 Å².